The van der Waals surface area contributed by atoms with Crippen LogP contribution >= 0.6 is 11.6 Å². The van der Waals surface area contributed by atoms with E-state index in [1.54, 1.807) is 55.3 Å². The van der Waals surface area contributed by atoms with E-state index in [9.17, 15) is 14.4 Å². The van der Waals surface area contributed by atoms with Gasteiger partial charge in [-0.3, -0.25) is 19.3 Å². The molecule has 1 saturated heterocycles. The molecule has 1 aliphatic rings. The van der Waals surface area contributed by atoms with Gasteiger partial charge in [-0.15, -0.1) is 0 Å². The number of benzene rings is 2. The van der Waals surface area contributed by atoms with Gasteiger partial charge >= 0.3 is 0 Å². The minimum Gasteiger partial charge on any atom is -0.497 e. The summed E-state index contributed by atoms with van der Waals surface area (Å²) in [7, 11) is 3.33. The fraction of sp³-hybridized carbons (Fsp3) is 0.192. The van der Waals surface area contributed by atoms with Crippen LogP contribution in [-0.4, -0.2) is 28.5 Å². The fourth-order valence-electron chi connectivity index (χ4n) is 4.44. The third-order valence-corrected chi connectivity index (χ3v) is 6.44. The van der Waals surface area contributed by atoms with Gasteiger partial charge in [0.05, 0.1) is 17.8 Å². The zero-order chi connectivity index (χ0) is 24.9. The van der Waals surface area contributed by atoms with Crippen molar-refractivity contribution in [2.24, 2.45) is 7.05 Å². The number of anilines is 1. The molecule has 0 saturated carbocycles. The average Bonchev–Trinajstić information content (AvgIpc) is 3.34. The minimum absolute atomic E-state index is 0.178. The van der Waals surface area contributed by atoms with Gasteiger partial charge in [0, 0.05) is 54.9 Å². The Bertz CT molecular complexity index is 1550. The molecule has 0 atom stereocenters. The number of halogens is 1. The summed E-state index contributed by atoms with van der Waals surface area (Å²) in [5.74, 6) is 0.974. The smallest absolute Gasteiger partial charge is 0.272 e. The zero-order valence-electron chi connectivity index (χ0n) is 19.3. The van der Waals surface area contributed by atoms with Crippen molar-refractivity contribution in [3.63, 3.8) is 0 Å². The number of aryl methyl sites for hydroxylation is 2. The Kier molecular flexibility index (Phi) is 5.61. The van der Waals surface area contributed by atoms with Crippen LogP contribution in [0.3, 0.4) is 0 Å². The number of amides is 2. The number of aromatic amines is 1. The number of H-pyrrole nitrogens is 1. The van der Waals surface area contributed by atoms with Gasteiger partial charge < -0.3 is 19.0 Å². The zero-order valence-corrected chi connectivity index (χ0v) is 20.1. The molecule has 1 fully saturated rings. The number of nitrogens with zero attached hydrogens (tertiary/aromatic N) is 2. The monoisotopic (exact) mass is 491 g/mol. The van der Waals surface area contributed by atoms with E-state index in [2.05, 4.69) is 4.98 Å². The minimum atomic E-state index is -0.245. The fourth-order valence-corrected chi connectivity index (χ4v) is 4.65. The predicted octanol–water partition coefficient (Wildman–Crippen LogP) is 4.95. The Morgan fingerprint density at radius 3 is 2.40 bits per heavy atom. The van der Waals surface area contributed by atoms with Gasteiger partial charge in [-0.25, -0.2) is 0 Å². The van der Waals surface area contributed by atoms with Gasteiger partial charge in [-0.1, -0.05) is 11.6 Å². The van der Waals surface area contributed by atoms with Crippen molar-refractivity contribution in [2.75, 3.05) is 12.0 Å². The second-order valence-corrected chi connectivity index (χ2v) is 8.79. The van der Waals surface area contributed by atoms with Gasteiger partial charge in [0.25, 0.3) is 5.56 Å². The topological polar surface area (TPSA) is 93.6 Å². The Morgan fingerprint density at radius 1 is 0.971 bits per heavy atom. The molecule has 35 heavy (non-hydrogen) atoms. The van der Waals surface area contributed by atoms with Crippen molar-refractivity contribution in [3.05, 3.63) is 69.7 Å². The molecular formula is C26H22ClN3O5. The molecule has 3 heterocycles. The highest BCUT2D eigenvalue weighted by atomic mass is 35.5. The molecule has 1 aliphatic heterocycles. The van der Waals surface area contributed by atoms with Crippen LogP contribution in [0.4, 0.5) is 5.69 Å². The molecule has 0 radical (unpaired) electrons. The lowest BCUT2D eigenvalue weighted by Crippen LogP contribution is -2.29. The Morgan fingerprint density at radius 2 is 1.71 bits per heavy atom. The number of ether oxygens (including phenoxy) is 2. The van der Waals surface area contributed by atoms with Crippen LogP contribution in [0.2, 0.25) is 5.02 Å². The van der Waals surface area contributed by atoms with Crippen LogP contribution in [0, 0.1) is 6.92 Å². The number of aromatic nitrogens is 2. The summed E-state index contributed by atoms with van der Waals surface area (Å²) in [4.78, 5) is 41.5. The number of imide groups is 1. The number of methoxy groups -OCH3 is 1. The maximum atomic E-state index is 12.5. The maximum absolute atomic E-state index is 12.5. The van der Waals surface area contributed by atoms with Crippen LogP contribution in [0.25, 0.3) is 22.0 Å². The third-order valence-electron chi connectivity index (χ3n) is 6.14. The standard InChI is InChI=1S/C26H22ClN3O5/c1-14-10-22(35-21-5-4-15(34-3)11-19(21)27)17(12-20(14)30-23(31)6-7-24(30)32)18-13-29(2)25-16(18)8-9-28-26(25)33/h4-5,8-13H,6-7H2,1-3H3,(H,28,33). The number of carbonyl (C=O) groups is 2. The molecule has 9 heteroatoms. The van der Waals surface area contributed by atoms with Crippen LogP contribution in [0.15, 0.2) is 53.6 Å². The summed E-state index contributed by atoms with van der Waals surface area (Å²) in [5.41, 5.74) is 2.77. The molecular weight excluding hydrogens is 470 g/mol. The molecule has 0 spiro atoms. The molecule has 5 rings (SSSR count). The van der Waals surface area contributed by atoms with Crippen molar-refractivity contribution < 1.29 is 19.1 Å². The summed E-state index contributed by atoms with van der Waals surface area (Å²) in [5, 5.41) is 1.06. The Labute approximate surface area is 205 Å². The van der Waals surface area contributed by atoms with Crippen molar-refractivity contribution in [1.82, 2.24) is 9.55 Å². The van der Waals surface area contributed by atoms with Gasteiger partial charge in [-0.2, -0.15) is 0 Å². The van der Waals surface area contributed by atoms with E-state index in [1.165, 1.54) is 4.90 Å². The molecule has 0 bridgehead atoms. The molecule has 4 aromatic rings. The predicted molar refractivity (Wildman–Crippen MR) is 134 cm³/mol. The lowest BCUT2D eigenvalue weighted by molar-refractivity contribution is -0.121. The lowest BCUT2D eigenvalue weighted by Gasteiger charge is -2.21. The first-order chi connectivity index (χ1) is 16.8. The number of nitrogens with one attached hydrogen (secondary N) is 1. The Balaban J connectivity index is 1.74. The highest BCUT2D eigenvalue weighted by molar-refractivity contribution is 6.32. The molecule has 1 N–H and O–H groups in total. The van der Waals surface area contributed by atoms with E-state index < -0.39 is 0 Å². The van der Waals surface area contributed by atoms with E-state index in [4.69, 9.17) is 21.1 Å². The largest absolute Gasteiger partial charge is 0.497 e. The van der Waals surface area contributed by atoms with Crippen LogP contribution in [0.1, 0.15) is 18.4 Å². The van der Waals surface area contributed by atoms with Gasteiger partial charge in [0.15, 0.2) is 0 Å². The van der Waals surface area contributed by atoms with E-state index in [0.29, 0.717) is 55.6 Å². The van der Waals surface area contributed by atoms with E-state index in [0.717, 1.165) is 0 Å². The number of pyridine rings is 1. The number of fused-ring (bicyclic) bond motifs is 1. The van der Waals surface area contributed by atoms with Crippen molar-refractivity contribution in [2.45, 2.75) is 19.8 Å². The maximum Gasteiger partial charge on any atom is 0.272 e. The highest BCUT2D eigenvalue weighted by Gasteiger charge is 2.32. The number of carbonyl (C=O) groups excluding carboxylic acids is 2. The van der Waals surface area contributed by atoms with E-state index in [-0.39, 0.29) is 30.2 Å². The van der Waals surface area contributed by atoms with Crippen molar-refractivity contribution in [3.8, 4) is 28.4 Å². The summed E-state index contributed by atoms with van der Waals surface area (Å²) in [6.07, 6.45) is 3.76. The van der Waals surface area contributed by atoms with Gasteiger partial charge in [0.1, 0.15) is 22.8 Å². The number of hydrogen-bond donors (Lipinski definition) is 1. The molecule has 2 aromatic heterocycles. The quantitative estimate of drug-likeness (QED) is 0.399. The Hall–Kier alpha value is -4.04. The van der Waals surface area contributed by atoms with E-state index in [1.807, 2.05) is 19.2 Å². The second kappa shape index (κ2) is 8.63. The number of hydrogen-bond acceptors (Lipinski definition) is 5. The molecule has 0 aliphatic carbocycles. The second-order valence-electron chi connectivity index (χ2n) is 8.38. The molecule has 0 unspecified atom stereocenters. The molecule has 2 aromatic carbocycles. The normalized spacial score (nSPS) is 13.7. The highest BCUT2D eigenvalue weighted by Crippen LogP contribution is 2.43. The third kappa shape index (κ3) is 3.85. The average molecular weight is 492 g/mol. The summed E-state index contributed by atoms with van der Waals surface area (Å²) >= 11 is 6.44. The summed E-state index contributed by atoms with van der Waals surface area (Å²) < 4.78 is 13.2. The van der Waals surface area contributed by atoms with Crippen LogP contribution in [0.5, 0.6) is 17.2 Å². The van der Waals surface area contributed by atoms with Crippen molar-refractivity contribution >= 4 is 40.0 Å². The first-order valence-electron chi connectivity index (χ1n) is 11.0. The lowest BCUT2D eigenvalue weighted by atomic mass is 10.0. The molecule has 8 nitrogen and oxygen atoms in total. The first kappa shape index (κ1) is 22.7. The van der Waals surface area contributed by atoms with E-state index >= 15 is 0 Å². The summed E-state index contributed by atoms with van der Waals surface area (Å²) in [6.45, 7) is 1.81. The van der Waals surface area contributed by atoms with Crippen LogP contribution < -0.4 is 19.9 Å². The molecule has 2 amide bonds. The SMILES string of the molecule is COc1ccc(Oc2cc(C)c(N3C(=O)CCC3=O)cc2-c2cn(C)c3c(=O)[nH]ccc23)c(Cl)c1. The van der Waals surface area contributed by atoms with Crippen LogP contribution in [-0.2, 0) is 16.6 Å². The van der Waals surface area contributed by atoms with Gasteiger partial charge in [0.2, 0.25) is 11.8 Å². The van der Waals surface area contributed by atoms with Gasteiger partial charge in [-0.05, 0) is 42.8 Å². The first-order valence-corrected chi connectivity index (χ1v) is 11.3. The number of rotatable bonds is 5. The molecule has 178 valence electrons. The summed E-state index contributed by atoms with van der Waals surface area (Å²) in [6, 6.07) is 10.4. The van der Waals surface area contributed by atoms with Crippen molar-refractivity contribution in [1.29, 1.82) is 0 Å².